The molecule has 0 aliphatic heterocycles. The number of rotatable bonds is 10. The standard InChI is InChI=1S/C13H29BrN/c1-4-5-6-7-8-9-10-12-15(2,3)13-11-14/h4-13H2,1-3H3/q+1. The van der Waals surface area contributed by atoms with Crippen LogP contribution in [0.15, 0.2) is 0 Å². The molecule has 2 heteroatoms. The summed E-state index contributed by atoms with van der Waals surface area (Å²) in [5.74, 6) is 0. The number of hydrogen-bond acceptors (Lipinski definition) is 0. The summed E-state index contributed by atoms with van der Waals surface area (Å²) < 4.78 is 1.17. The maximum Gasteiger partial charge on any atom is 0.0880 e. The van der Waals surface area contributed by atoms with Gasteiger partial charge in [-0.2, -0.15) is 0 Å². The minimum Gasteiger partial charge on any atom is -0.328 e. The number of hydrogen-bond donors (Lipinski definition) is 0. The van der Waals surface area contributed by atoms with Crippen LogP contribution in [-0.4, -0.2) is 37.0 Å². The lowest BCUT2D eigenvalue weighted by Gasteiger charge is -2.29. The van der Waals surface area contributed by atoms with Crippen molar-refractivity contribution in [1.82, 2.24) is 0 Å². The van der Waals surface area contributed by atoms with E-state index in [-0.39, 0.29) is 0 Å². The number of alkyl halides is 1. The van der Waals surface area contributed by atoms with Gasteiger partial charge in [0.2, 0.25) is 0 Å². The second-order valence-electron chi connectivity index (χ2n) is 5.19. The third-order valence-corrected chi connectivity index (χ3v) is 3.41. The fourth-order valence-electron chi connectivity index (χ4n) is 1.84. The van der Waals surface area contributed by atoms with Crippen LogP contribution < -0.4 is 0 Å². The van der Waals surface area contributed by atoms with E-state index in [1.807, 2.05) is 0 Å². The van der Waals surface area contributed by atoms with Gasteiger partial charge in [0.25, 0.3) is 0 Å². The minimum atomic E-state index is 1.12. The maximum atomic E-state index is 3.52. The predicted octanol–water partition coefficient (Wildman–Crippen LogP) is 4.21. The second kappa shape index (κ2) is 9.65. The molecule has 15 heavy (non-hydrogen) atoms. The van der Waals surface area contributed by atoms with Crippen LogP contribution in [0.5, 0.6) is 0 Å². The molecule has 0 N–H and O–H groups in total. The van der Waals surface area contributed by atoms with Crippen molar-refractivity contribution in [3.63, 3.8) is 0 Å². The Hall–Kier alpha value is 0.440. The van der Waals surface area contributed by atoms with Crippen LogP contribution in [0.2, 0.25) is 0 Å². The Morgan fingerprint density at radius 2 is 1.33 bits per heavy atom. The van der Waals surface area contributed by atoms with Crippen molar-refractivity contribution in [3.05, 3.63) is 0 Å². The Labute approximate surface area is 105 Å². The number of unbranched alkanes of at least 4 members (excludes halogenated alkanes) is 6. The van der Waals surface area contributed by atoms with E-state index in [2.05, 4.69) is 36.9 Å². The summed E-state index contributed by atoms with van der Waals surface area (Å²) in [7, 11) is 4.66. The van der Waals surface area contributed by atoms with Gasteiger partial charge in [-0.15, -0.1) is 0 Å². The van der Waals surface area contributed by atoms with E-state index < -0.39 is 0 Å². The van der Waals surface area contributed by atoms with E-state index in [0.29, 0.717) is 0 Å². The SMILES string of the molecule is CCCCCCCCC[N+](C)(C)CCBr. The Morgan fingerprint density at radius 3 is 1.87 bits per heavy atom. The van der Waals surface area contributed by atoms with Crippen molar-refractivity contribution < 1.29 is 4.48 Å². The molecule has 0 heterocycles. The van der Waals surface area contributed by atoms with Gasteiger partial charge in [0.1, 0.15) is 0 Å². The smallest absolute Gasteiger partial charge is 0.0880 e. The summed E-state index contributed by atoms with van der Waals surface area (Å²) >= 11 is 3.52. The summed E-state index contributed by atoms with van der Waals surface area (Å²) in [4.78, 5) is 0. The van der Waals surface area contributed by atoms with E-state index in [1.54, 1.807) is 0 Å². The first-order valence-corrected chi connectivity index (χ1v) is 7.62. The first-order chi connectivity index (χ1) is 7.12. The van der Waals surface area contributed by atoms with Gasteiger partial charge in [-0.05, 0) is 12.8 Å². The number of quaternary nitrogens is 1. The lowest BCUT2D eigenvalue weighted by atomic mass is 10.1. The Morgan fingerprint density at radius 1 is 0.800 bits per heavy atom. The van der Waals surface area contributed by atoms with Crippen LogP contribution in [0, 0.1) is 0 Å². The van der Waals surface area contributed by atoms with E-state index in [4.69, 9.17) is 0 Å². The van der Waals surface area contributed by atoms with Crippen molar-refractivity contribution in [3.8, 4) is 0 Å². The van der Waals surface area contributed by atoms with Gasteiger partial charge in [-0.1, -0.05) is 55.0 Å². The normalized spacial score (nSPS) is 12.0. The maximum absolute atomic E-state index is 3.52. The molecule has 0 unspecified atom stereocenters. The van der Waals surface area contributed by atoms with Gasteiger partial charge in [0, 0.05) is 0 Å². The van der Waals surface area contributed by atoms with E-state index in [0.717, 1.165) is 5.33 Å². The third-order valence-electron chi connectivity index (χ3n) is 3.06. The number of nitrogens with zero attached hydrogens (tertiary/aromatic N) is 1. The van der Waals surface area contributed by atoms with E-state index in [9.17, 15) is 0 Å². The quantitative estimate of drug-likeness (QED) is 0.319. The van der Waals surface area contributed by atoms with E-state index in [1.165, 1.54) is 62.5 Å². The molecule has 0 aliphatic carbocycles. The number of halogens is 1. The molecular weight excluding hydrogens is 250 g/mol. The minimum absolute atomic E-state index is 1.12. The highest BCUT2D eigenvalue weighted by Crippen LogP contribution is 2.09. The monoisotopic (exact) mass is 278 g/mol. The summed E-state index contributed by atoms with van der Waals surface area (Å²) in [6.07, 6.45) is 9.92. The van der Waals surface area contributed by atoms with Crippen molar-refractivity contribution in [1.29, 1.82) is 0 Å². The van der Waals surface area contributed by atoms with Crippen LogP contribution in [0.1, 0.15) is 51.9 Å². The molecule has 0 rings (SSSR count). The molecule has 0 fully saturated rings. The zero-order valence-electron chi connectivity index (χ0n) is 10.9. The highest BCUT2D eigenvalue weighted by molar-refractivity contribution is 9.09. The van der Waals surface area contributed by atoms with Crippen LogP contribution >= 0.6 is 15.9 Å². The zero-order valence-corrected chi connectivity index (χ0v) is 12.5. The largest absolute Gasteiger partial charge is 0.328 e. The summed E-state index contributed by atoms with van der Waals surface area (Å²) in [5.41, 5.74) is 0. The molecule has 0 radical (unpaired) electrons. The van der Waals surface area contributed by atoms with Crippen molar-refractivity contribution in [2.75, 3.05) is 32.5 Å². The molecule has 0 saturated heterocycles. The van der Waals surface area contributed by atoms with Crippen LogP contribution in [0.3, 0.4) is 0 Å². The van der Waals surface area contributed by atoms with Crippen molar-refractivity contribution in [2.45, 2.75) is 51.9 Å². The molecular formula is C13H29BrN+. The Bertz CT molecular complexity index is 134. The van der Waals surface area contributed by atoms with Gasteiger partial charge in [0.05, 0.1) is 32.5 Å². The van der Waals surface area contributed by atoms with Crippen molar-refractivity contribution >= 4 is 15.9 Å². The van der Waals surface area contributed by atoms with Crippen molar-refractivity contribution in [2.24, 2.45) is 0 Å². The van der Waals surface area contributed by atoms with Gasteiger partial charge in [-0.25, -0.2) is 0 Å². The summed E-state index contributed by atoms with van der Waals surface area (Å²) in [6.45, 7) is 4.86. The second-order valence-corrected chi connectivity index (χ2v) is 5.99. The van der Waals surface area contributed by atoms with Crippen LogP contribution in [0.25, 0.3) is 0 Å². The Balaban J connectivity index is 3.22. The molecule has 1 nitrogen and oxygen atoms in total. The topological polar surface area (TPSA) is 0 Å². The van der Waals surface area contributed by atoms with Crippen LogP contribution in [0.4, 0.5) is 0 Å². The fraction of sp³-hybridized carbons (Fsp3) is 1.00. The molecule has 0 atom stereocenters. The average Bonchev–Trinajstić information content (AvgIpc) is 2.16. The van der Waals surface area contributed by atoms with Gasteiger partial charge >= 0.3 is 0 Å². The lowest BCUT2D eigenvalue weighted by Crippen LogP contribution is -2.41. The average molecular weight is 279 g/mol. The molecule has 0 spiro atoms. The Kier molecular flexibility index (Phi) is 9.93. The molecule has 0 aromatic heterocycles. The van der Waals surface area contributed by atoms with Gasteiger partial charge in [0.15, 0.2) is 0 Å². The highest BCUT2D eigenvalue weighted by Gasteiger charge is 2.12. The lowest BCUT2D eigenvalue weighted by molar-refractivity contribution is -0.887. The zero-order chi connectivity index (χ0) is 11.6. The molecule has 0 bridgehead atoms. The highest BCUT2D eigenvalue weighted by atomic mass is 79.9. The third kappa shape index (κ3) is 10.7. The van der Waals surface area contributed by atoms with Gasteiger partial charge < -0.3 is 4.48 Å². The first-order valence-electron chi connectivity index (χ1n) is 6.50. The molecule has 92 valence electrons. The fourth-order valence-corrected chi connectivity index (χ4v) is 2.80. The molecule has 0 aromatic carbocycles. The first kappa shape index (κ1) is 15.4. The van der Waals surface area contributed by atoms with E-state index >= 15 is 0 Å². The molecule has 0 aromatic rings. The molecule has 0 amide bonds. The summed E-state index contributed by atoms with van der Waals surface area (Å²) in [5, 5.41) is 1.12. The summed E-state index contributed by atoms with van der Waals surface area (Å²) in [6, 6.07) is 0. The molecule has 0 saturated carbocycles. The predicted molar refractivity (Wildman–Crippen MR) is 73.6 cm³/mol. The molecule has 0 aliphatic rings. The van der Waals surface area contributed by atoms with Crippen LogP contribution in [-0.2, 0) is 0 Å². The van der Waals surface area contributed by atoms with Gasteiger partial charge in [-0.3, -0.25) is 0 Å².